The Balaban J connectivity index is 1.33. The predicted molar refractivity (Wildman–Crippen MR) is 222 cm³/mol. The Bertz CT molecular complexity index is 2170. The lowest BCUT2D eigenvalue weighted by Crippen LogP contribution is -2.60. The smallest absolute Gasteiger partial charge is 0.245 e. The molecular weight excluding hydrogens is 749 g/mol. The van der Waals surface area contributed by atoms with E-state index in [9.17, 15) is 33.9 Å². The number of Topliss-reactive ketones (excluding diaryl/α,β-unsaturated/α-hetero) is 2. The van der Waals surface area contributed by atoms with Crippen molar-refractivity contribution < 1.29 is 33.9 Å². The Morgan fingerprint density at radius 2 is 1.31 bits per heavy atom. The Kier molecular flexibility index (Phi) is 13.0. The Hall–Kier alpha value is -5.66. The van der Waals surface area contributed by atoms with Gasteiger partial charge in [-0.1, -0.05) is 91.7 Å². The maximum Gasteiger partial charge on any atom is 0.245 e. The summed E-state index contributed by atoms with van der Waals surface area (Å²) in [6.07, 6.45) is 1.65. The van der Waals surface area contributed by atoms with Crippen LogP contribution < -0.4 is 27.0 Å². The number of carbonyl (C=O) groups is 6. The van der Waals surface area contributed by atoms with Crippen molar-refractivity contribution in [2.75, 3.05) is 6.54 Å². The summed E-state index contributed by atoms with van der Waals surface area (Å²) in [5, 5.41) is 23.5. The van der Waals surface area contributed by atoms with E-state index in [0.29, 0.717) is 44.3 Å². The second-order valence-electron chi connectivity index (χ2n) is 16.4. The maximum absolute atomic E-state index is 14.9. The van der Waals surface area contributed by atoms with Crippen molar-refractivity contribution in [3.8, 4) is 0 Å². The lowest BCUT2D eigenvalue weighted by atomic mass is 9.73. The third-order valence-corrected chi connectivity index (χ3v) is 12.4. The Labute approximate surface area is 343 Å². The summed E-state index contributed by atoms with van der Waals surface area (Å²) >= 11 is 0. The normalized spacial score (nSPS) is 27.4. The highest BCUT2D eigenvalue weighted by Crippen LogP contribution is 2.41. The molecule has 0 spiro atoms. The van der Waals surface area contributed by atoms with E-state index in [1.807, 2.05) is 84.9 Å². The van der Waals surface area contributed by atoms with Crippen LogP contribution in [0.15, 0.2) is 84.9 Å². The predicted octanol–water partition coefficient (Wildman–Crippen LogP) is 2.93. The molecule has 13 heteroatoms. The molecule has 4 amide bonds. The van der Waals surface area contributed by atoms with Crippen LogP contribution in [0.25, 0.3) is 10.9 Å². The molecule has 310 valence electrons. The molecule has 2 unspecified atom stereocenters. The number of aliphatic hydroxyl groups excluding tert-OH is 1. The zero-order valence-electron chi connectivity index (χ0n) is 33.3. The van der Waals surface area contributed by atoms with Crippen molar-refractivity contribution >= 4 is 46.1 Å². The first-order chi connectivity index (χ1) is 28.5. The van der Waals surface area contributed by atoms with E-state index in [1.165, 1.54) is 6.92 Å². The highest BCUT2D eigenvalue weighted by Gasteiger charge is 2.47. The van der Waals surface area contributed by atoms with Crippen molar-refractivity contribution in [1.29, 1.82) is 0 Å². The molecule has 3 aliphatic rings. The number of carbonyl (C=O) groups excluding carboxylic acids is 6. The van der Waals surface area contributed by atoms with Gasteiger partial charge in [-0.2, -0.15) is 0 Å². The van der Waals surface area contributed by atoms with E-state index in [0.717, 1.165) is 27.6 Å². The molecule has 0 radical (unpaired) electrons. The molecule has 8 N–H and O–H groups in total. The van der Waals surface area contributed by atoms with Gasteiger partial charge in [0, 0.05) is 41.3 Å². The van der Waals surface area contributed by atoms with E-state index in [2.05, 4.69) is 26.3 Å². The molecule has 1 saturated heterocycles. The minimum Gasteiger partial charge on any atom is -0.391 e. The van der Waals surface area contributed by atoms with Gasteiger partial charge in [-0.25, -0.2) is 0 Å². The van der Waals surface area contributed by atoms with Crippen LogP contribution in [-0.2, 0) is 48.0 Å². The number of aromatic amines is 1. The van der Waals surface area contributed by atoms with Crippen molar-refractivity contribution in [2.24, 2.45) is 23.5 Å². The molecule has 1 aromatic heterocycles. The van der Waals surface area contributed by atoms with Gasteiger partial charge in [0.1, 0.15) is 12.1 Å². The molecule has 1 aliphatic heterocycles. The standard InChI is InChI=1S/C46H54N6O7/c1-26(53)39-46(59)50-35(23-27-13-4-2-5-14-27)41(54)30-19-12-20-31(30)43(56)51-37(24-28-15-6-3-7-16-28)45(58)49-36-25-33-29-17-8-9-21-34(29)48-40(33)38(42(36)55)32(44(57)52-39)18-10-11-22-47/h2-9,13-17,21,26,30-32,35-39,48,53H,10-12,18-20,22-25,47H2,1H3,(H,49,58)(H,50,59)(H,51,56)(H,52,57)/t26-,30?,31-,32-,35+,36-,37+,38?,39+/m1/s1. The average Bonchev–Trinajstić information content (AvgIpc) is 3.87. The van der Waals surface area contributed by atoms with Gasteiger partial charge in [-0.15, -0.1) is 0 Å². The number of nitrogens with two attached hydrogens (primary N) is 1. The van der Waals surface area contributed by atoms with Gasteiger partial charge >= 0.3 is 0 Å². The number of aromatic nitrogens is 1. The number of fused-ring (bicyclic) bond motifs is 7. The van der Waals surface area contributed by atoms with Gasteiger partial charge in [0.05, 0.1) is 30.0 Å². The van der Waals surface area contributed by atoms with Crippen LogP contribution in [-0.4, -0.2) is 82.1 Å². The number of aliphatic hydroxyl groups is 1. The quantitative estimate of drug-likeness (QED) is 0.125. The second kappa shape index (κ2) is 18.5. The van der Waals surface area contributed by atoms with Crippen molar-refractivity contribution in [1.82, 2.24) is 26.3 Å². The van der Waals surface area contributed by atoms with E-state index in [4.69, 9.17) is 5.73 Å². The lowest BCUT2D eigenvalue weighted by Gasteiger charge is -2.35. The van der Waals surface area contributed by atoms with Gasteiger partial charge in [0.2, 0.25) is 23.6 Å². The van der Waals surface area contributed by atoms with Gasteiger partial charge < -0.3 is 37.1 Å². The second-order valence-corrected chi connectivity index (χ2v) is 16.4. The van der Waals surface area contributed by atoms with E-state index in [-0.39, 0.29) is 31.5 Å². The molecule has 1 saturated carbocycles. The van der Waals surface area contributed by atoms with Crippen molar-refractivity contribution in [2.45, 2.75) is 101 Å². The number of ketones is 2. The molecule has 59 heavy (non-hydrogen) atoms. The lowest BCUT2D eigenvalue weighted by molar-refractivity contribution is -0.140. The molecule has 2 heterocycles. The SMILES string of the molecule is C[C@@H](O)[C@@H]1NC(=O)[C@H](CCCCN)C2C(=O)[C@@H](Cc3c2[nH]c2ccccc32)NC(=O)[C@H](Cc2ccccc2)NC(=O)[C@@H]2CCCC2C(=O)[C@H](Cc2ccccc2)NC1=O. The summed E-state index contributed by atoms with van der Waals surface area (Å²) in [5.41, 5.74) is 9.53. The zero-order valence-corrected chi connectivity index (χ0v) is 33.3. The number of unbranched alkanes of at least 4 members (excludes halogenated alkanes) is 1. The molecule has 7 rings (SSSR count). The topological polar surface area (TPSA) is 213 Å². The summed E-state index contributed by atoms with van der Waals surface area (Å²) in [7, 11) is 0. The van der Waals surface area contributed by atoms with Crippen LogP contribution in [0.4, 0.5) is 0 Å². The number of para-hydroxylation sites is 1. The minimum absolute atomic E-state index is 0.110. The summed E-state index contributed by atoms with van der Waals surface area (Å²) in [6.45, 7) is 1.74. The van der Waals surface area contributed by atoms with Crippen LogP contribution in [0.5, 0.6) is 0 Å². The third-order valence-electron chi connectivity index (χ3n) is 12.4. The number of H-pyrrole nitrogens is 1. The maximum atomic E-state index is 14.9. The van der Waals surface area contributed by atoms with Crippen LogP contribution in [0, 0.1) is 17.8 Å². The highest BCUT2D eigenvalue weighted by atomic mass is 16.3. The fourth-order valence-electron chi connectivity index (χ4n) is 9.33. The molecule has 2 fully saturated rings. The van der Waals surface area contributed by atoms with Crippen LogP contribution in [0.2, 0.25) is 0 Å². The molecule has 3 aromatic carbocycles. The molecular formula is C46H54N6O7. The molecule has 9 atom stereocenters. The van der Waals surface area contributed by atoms with Crippen molar-refractivity contribution in [3.05, 3.63) is 107 Å². The van der Waals surface area contributed by atoms with Crippen LogP contribution in [0.3, 0.4) is 0 Å². The van der Waals surface area contributed by atoms with E-state index >= 15 is 0 Å². The molecule has 2 bridgehead atoms. The monoisotopic (exact) mass is 802 g/mol. The first-order valence-electron chi connectivity index (χ1n) is 20.9. The number of hydrogen-bond acceptors (Lipinski definition) is 8. The van der Waals surface area contributed by atoms with Crippen LogP contribution >= 0.6 is 0 Å². The summed E-state index contributed by atoms with van der Waals surface area (Å²) in [4.78, 5) is 90.7. The summed E-state index contributed by atoms with van der Waals surface area (Å²) in [5.74, 6) is -6.79. The number of hydrogen-bond donors (Lipinski definition) is 7. The fourth-order valence-corrected chi connectivity index (χ4v) is 9.33. The minimum atomic E-state index is -1.48. The van der Waals surface area contributed by atoms with Gasteiger partial charge in [-0.3, -0.25) is 28.8 Å². The average molecular weight is 803 g/mol. The highest BCUT2D eigenvalue weighted by molar-refractivity contribution is 6.03. The summed E-state index contributed by atoms with van der Waals surface area (Å²) < 4.78 is 0. The zero-order chi connectivity index (χ0) is 41.6. The first kappa shape index (κ1) is 41.5. The Morgan fingerprint density at radius 1 is 0.678 bits per heavy atom. The van der Waals surface area contributed by atoms with Gasteiger partial charge in [-0.05, 0) is 68.3 Å². The number of nitrogens with one attached hydrogen (secondary N) is 5. The summed E-state index contributed by atoms with van der Waals surface area (Å²) in [6, 6.07) is 21.2. The van der Waals surface area contributed by atoms with Gasteiger partial charge in [0.15, 0.2) is 11.6 Å². The molecule has 2 aliphatic carbocycles. The number of rotatable bonds is 9. The van der Waals surface area contributed by atoms with E-state index < -0.39 is 83.4 Å². The first-order valence-corrected chi connectivity index (χ1v) is 20.9. The number of amides is 4. The fraction of sp³-hybridized carbons (Fsp3) is 0.435. The van der Waals surface area contributed by atoms with Crippen molar-refractivity contribution in [3.63, 3.8) is 0 Å². The molecule has 4 aromatic rings. The number of benzene rings is 3. The largest absolute Gasteiger partial charge is 0.391 e. The van der Waals surface area contributed by atoms with Crippen LogP contribution in [0.1, 0.15) is 73.8 Å². The third kappa shape index (κ3) is 9.16. The van der Waals surface area contributed by atoms with Gasteiger partial charge in [0.25, 0.3) is 0 Å². The Morgan fingerprint density at radius 3 is 1.98 bits per heavy atom. The van der Waals surface area contributed by atoms with E-state index in [1.54, 1.807) is 0 Å². The molecule has 13 nitrogen and oxygen atoms in total.